The molecule has 0 atom stereocenters. The molecular formula is C15H22ClN3O2. The number of rotatable bonds is 6. The summed E-state index contributed by atoms with van der Waals surface area (Å²) in [4.78, 5) is 25.3. The molecule has 2 amide bonds. The molecule has 2 rings (SSSR count). The lowest BCUT2D eigenvalue weighted by molar-refractivity contribution is -0.117. The summed E-state index contributed by atoms with van der Waals surface area (Å²) in [6, 6.07) is 7.21. The Hall–Kier alpha value is -1.59. The molecule has 5 nitrogen and oxygen atoms in total. The van der Waals surface area contributed by atoms with Crippen LogP contribution in [0.5, 0.6) is 0 Å². The van der Waals surface area contributed by atoms with Gasteiger partial charge in [-0.15, -0.1) is 12.4 Å². The van der Waals surface area contributed by atoms with Crippen molar-refractivity contribution in [3.8, 4) is 0 Å². The summed E-state index contributed by atoms with van der Waals surface area (Å²) in [6.07, 6.45) is 1.53. The lowest BCUT2D eigenvalue weighted by Crippen LogP contribution is -2.31. The molecule has 6 heteroatoms. The second-order valence-corrected chi connectivity index (χ2v) is 4.81. The highest BCUT2D eigenvalue weighted by molar-refractivity contribution is 5.97. The molecule has 1 aromatic rings. The van der Waals surface area contributed by atoms with Gasteiger partial charge in [0.15, 0.2) is 0 Å². The van der Waals surface area contributed by atoms with E-state index in [0.29, 0.717) is 18.5 Å². The van der Waals surface area contributed by atoms with Crippen LogP contribution >= 0.6 is 12.4 Å². The summed E-state index contributed by atoms with van der Waals surface area (Å²) in [6.45, 7) is 5.07. The van der Waals surface area contributed by atoms with E-state index in [-0.39, 0.29) is 24.2 Å². The van der Waals surface area contributed by atoms with Crippen LogP contribution in [0.15, 0.2) is 24.3 Å². The number of nitrogens with zero attached hydrogens (tertiary/aromatic N) is 1. The largest absolute Gasteiger partial charge is 0.351 e. The van der Waals surface area contributed by atoms with Crippen molar-refractivity contribution in [1.82, 2.24) is 10.6 Å². The van der Waals surface area contributed by atoms with Crippen molar-refractivity contribution in [2.24, 2.45) is 0 Å². The summed E-state index contributed by atoms with van der Waals surface area (Å²) >= 11 is 0. The maximum Gasteiger partial charge on any atom is 0.251 e. The predicted molar refractivity (Wildman–Crippen MR) is 86.2 cm³/mol. The second-order valence-electron chi connectivity index (χ2n) is 4.81. The number of hydrogen-bond donors (Lipinski definition) is 2. The highest BCUT2D eigenvalue weighted by Gasteiger charge is 2.21. The Morgan fingerprint density at radius 2 is 1.95 bits per heavy atom. The van der Waals surface area contributed by atoms with E-state index in [1.54, 1.807) is 17.0 Å². The number of likely N-dealkylation sites (N-methyl/N-ethyl adjacent to an activating group) is 1. The molecule has 2 N–H and O–H groups in total. The van der Waals surface area contributed by atoms with Crippen molar-refractivity contribution in [3.63, 3.8) is 0 Å². The highest BCUT2D eigenvalue weighted by atomic mass is 35.5. The minimum atomic E-state index is -0.0813. The summed E-state index contributed by atoms with van der Waals surface area (Å²) in [5.41, 5.74) is 1.49. The fourth-order valence-electron chi connectivity index (χ4n) is 2.26. The van der Waals surface area contributed by atoms with Gasteiger partial charge in [0.25, 0.3) is 5.91 Å². The number of anilines is 1. The number of carbonyl (C=O) groups excluding carboxylic acids is 2. The first-order chi connectivity index (χ1) is 9.72. The van der Waals surface area contributed by atoms with Crippen molar-refractivity contribution in [2.75, 3.05) is 31.1 Å². The number of halogens is 1. The van der Waals surface area contributed by atoms with Crippen molar-refractivity contribution < 1.29 is 9.59 Å². The Morgan fingerprint density at radius 3 is 2.52 bits per heavy atom. The minimum Gasteiger partial charge on any atom is -0.351 e. The third-order valence-corrected chi connectivity index (χ3v) is 3.35. The van der Waals surface area contributed by atoms with E-state index in [1.165, 1.54) is 0 Å². The van der Waals surface area contributed by atoms with E-state index in [4.69, 9.17) is 0 Å². The molecule has 1 fully saturated rings. The molecule has 0 spiro atoms. The summed E-state index contributed by atoms with van der Waals surface area (Å²) in [5, 5.41) is 6.00. The van der Waals surface area contributed by atoms with E-state index in [9.17, 15) is 9.59 Å². The first kappa shape index (κ1) is 17.5. The van der Waals surface area contributed by atoms with Gasteiger partial charge in [-0.25, -0.2) is 0 Å². The van der Waals surface area contributed by atoms with Gasteiger partial charge < -0.3 is 15.5 Å². The van der Waals surface area contributed by atoms with Crippen molar-refractivity contribution >= 4 is 29.9 Å². The fraction of sp³-hybridized carbons (Fsp3) is 0.467. The van der Waals surface area contributed by atoms with Gasteiger partial charge in [0.1, 0.15) is 0 Å². The monoisotopic (exact) mass is 311 g/mol. The standard InChI is InChI=1S/C15H21N3O2.ClH/c1-2-16-9-10-17-15(20)12-5-7-13(8-6-12)18-11-3-4-14(18)19;/h5-8,16H,2-4,9-11H2,1H3,(H,17,20);1H. The molecule has 0 aromatic heterocycles. The molecular weight excluding hydrogens is 290 g/mol. The van der Waals surface area contributed by atoms with Crippen LogP contribution in [-0.4, -0.2) is 38.0 Å². The molecule has 1 saturated heterocycles. The molecule has 1 heterocycles. The van der Waals surface area contributed by atoms with Gasteiger partial charge in [-0.2, -0.15) is 0 Å². The van der Waals surface area contributed by atoms with E-state index in [2.05, 4.69) is 10.6 Å². The molecule has 0 aliphatic carbocycles. The van der Waals surface area contributed by atoms with Gasteiger partial charge >= 0.3 is 0 Å². The number of amides is 2. The number of benzene rings is 1. The van der Waals surface area contributed by atoms with Gasteiger partial charge in [-0.05, 0) is 37.2 Å². The van der Waals surface area contributed by atoms with Crippen molar-refractivity contribution in [1.29, 1.82) is 0 Å². The number of nitrogens with one attached hydrogen (secondary N) is 2. The molecule has 0 unspecified atom stereocenters. The summed E-state index contributed by atoms with van der Waals surface area (Å²) in [7, 11) is 0. The zero-order chi connectivity index (χ0) is 14.4. The van der Waals surface area contributed by atoms with Crippen LogP contribution < -0.4 is 15.5 Å². The van der Waals surface area contributed by atoms with Gasteiger partial charge in [0.05, 0.1) is 0 Å². The van der Waals surface area contributed by atoms with Gasteiger partial charge in [-0.3, -0.25) is 9.59 Å². The van der Waals surface area contributed by atoms with Crippen molar-refractivity contribution in [2.45, 2.75) is 19.8 Å². The number of carbonyl (C=O) groups is 2. The molecule has 21 heavy (non-hydrogen) atoms. The van der Waals surface area contributed by atoms with E-state index < -0.39 is 0 Å². The highest BCUT2D eigenvalue weighted by Crippen LogP contribution is 2.21. The van der Waals surface area contributed by atoms with Crippen molar-refractivity contribution in [3.05, 3.63) is 29.8 Å². The van der Waals surface area contributed by atoms with E-state index in [0.717, 1.165) is 31.7 Å². The fourth-order valence-corrected chi connectivity index (χ4v) is 2.26. The third-order valence-electron chi connectivity index (χ3n) is 3.35. The normalized spacial score (nSPS) is 14.0. The molecule has 0 radical (unpaired) electrons. The molecule has 1 aromatic carbocycles. The van der Waals surface area contributed by atoms with Crippen LogP contribution in [0.2, 0.25) is 0 Å². The minimum absolute atomic E-state index is 0. The van der Waals surface area contributed by atoms with Crippen LogP contribution in [0.1, 0.15) is 30.1 Å². The Labute approximate surface area is 131 Å². The topological polar surface area (TPSA) is 61.4 Å². The van der Waals surface area contributed by atoms with Gasteiger partial charge in [0.2, 0.25) is 5.91 Å². The van der Waals surface area contributed by atoms with Crippen LogP contribution in [0.3, 0.4) is 0 Å². The zero-order valence-electron chi connectivity index (χ0n) is 12.2. The zero-order valence-corrected chi connectivity index (χ0v) is 13.0. The molecule has 0 saturated carbocycles. The Balaban J connectivity index is 0.00000220. The van der Waals surface area contributed by atoms with Crippen LogP contribution in [0.4, 0.5) is 5.69 Å². The lowest BCUT2D eigenvalue weighted by Gasteiger charge is -2.15. The average molecular weight is 312 g/mol. The summed E-state index contributed by atoms with van der Waals surface area (Å²) in [5.74, 6) is 0.0787. The molecule has 1 aliphatic heterocycles. The van der Waals surface area contributed by atoms with E-state index >= 15 is 0 Å². The van der Waals surface area contributed by atoms with Crippen LogP contribution in [-0.2, 0) is 4.79 Å². The SMILES string of the molecule is CCNCCNC(=O)c1ccc(N2CCCC2=O)cc1.Cl. The lowest BCUT2D eigenvalue weighted by atomic mass is 10.2. The first-order valence-corrected chi connectivity index (χ1v) is 7.11. The predicted octanol–water partition coefficient (Wildman–Crippen LogP) is 1.57. The maximum absolute atomic E-state index is 11.9. The molecule has 0 bridgehead atoms. The molecule has 1 aliphatic rings. The van der Waals surface area contributed by atoms with Crippen LogP contribution in [0, 0.1) is 0 Å². The Bertz CT molecular complexity index is 476. The smallest absolute Gasteiger partial charge is 0.251 e. The first-order valence-electron chi connectivity index (χ1n) is 7.11. The van der Waals surface area contributed by atoms with E-state index in [1.807, 2.05) is 19.1 Å². The average Bonchev–Trinajstić information content (AvgIpc) is 2.90. The maximum atomic E-state index is 11.9. The van der Waals surface area contributed by atoms with Gasteiger partial charge in [-0.1, -0.05) is 6.92 Å². The second kappa shape index (κ2) is 8.64. The summed E-state index contributed by atoms with van der Waals surface area (Å²) < 4.78 is 0. The quantitative estimate of drug-likeness (QED) is 0.784. The third kappa shape index (κ3) is 4.72. The van der Waals surface area contributed by atoms with Gasteiger partial charge in [0, 0.05) is 37.3 Å². The molecule has 116 valence electrons. The Kier molecular flexibility index (Phi) is 7.19. The van der Waals surface area contributed by atoms with Crippen LogP contribution in [0.25, 0.3) is 0 Å². The Morgan fingerprint density at radius 1 is 1.24 bits per heavy atom. The number of hydrogen-bond acceptors (Lipinski definition) is 3.